The van der Waals surface area contributed by atoms with Crippen molar-refractivity contribution in [1.29, 1.82) is 0 Å². The maximum absolute atomic E-state index is 13.0. The van der Waals surface area contributed by atoms with Crippen molar-refractivity contribution < 1.29 is 9.53 Å². The highest BCUT2D eigenvalue weighted by molar-refractivity contribution is 7.99. The number of benzene rings is 2. The number of hydrogen-bond acceptors (Lipinski definition) is 5. The van der Waals surface area contributed by atoms with Gasteiger partial charge in [0.05, 0.1) is 23.8 Å². The lowest BCUT2D eigenvalue weighted by atomic mass is 10.1. The van der Waals surface area contributed by atoms with Crippen LogP contribution >= 0.6 is 35.0 Å². The summed E-state index contributed by atoms with van der Waals surface area (Å²) in [5.74, 6) is -0.308. The second-order valence-electron chi connectivity index (χ2n) is 5.72. The number of hydrogen-bond donors (Lipinski definition) is 0. The van der Waals surface area contributed by atoms with E-state index in [1.54, 1.807) is 34.9 Å². The molecule has 1 aromatic heterocycles. The Kier molecular flexibility index (Phi) is 6.42. The third kappa shape index (κ3) is 4.64. The molecule has 0 spiro atoms. The predicted molar refractivity (Wildman–Crippen MR) is 109 cm³/mol. The first-order valence-electron chi connectivity index (χ1n) is 8.12. The molecule has 5 nitrogen and oxygen atoms in total. The number of thioether (sulfide) groups is 1. The number of rotatable bonds is 6. The largest absolute Gasteiger partial charge is 0.468 e. The molecule has 0 saturated heterocycles. The van der Waals surface area contributed by atoms with Gasteiger partial charge in [0.15, 0.2) is 5.16 Å². The number of aryl methyl sites for hydroxylation is 1. The van der Waals surface area contributed by atoms with E-state index in [9.17, 15) is 9.59 Å². The van der Waals surface area contributed by atoms with Crippen molar-refractivity contribution in [2.75, 3.05) is 12.9 Å². The summed E-state index contributed by atoms with van der Waals surface area (Å²) < 4.78 is 6.25. The zero-order valence-corrected chi connectivity index (χ0v) is 16.8. The molecule has 0 saturated carbocycles. The maximum Gasteiger partial charge on any atom is 0.316 e. The van der Waals surface area contributed by atoms with E-state index < -0.39 is 0 Å². The molecule has 0 atom stereocenters. The van der Waals surface area contributed by atoms with E-state index in [2.05, 4.69) is 9.72 Å². The van der Waals surface area contributed by atoms with Gasteiger partial charge in [-0.1, -0.05) is 53.2 Å². The van der Waals surface area contributed by atoms with Gasteiger partial charge in [-0.25, -0.2) is 4.98 Å². The smallest absolute Gasteiger partial charge is 0.316 e. The summed E-state index contributed by atoms with van der Waals surface area (Å²) in [6.07, 6.45) is 0.529. The third-order valence-corrected chi connectivity index (χ3v) is 5.53. The van der Waals surface area contributed by atoms with Crippen molar-refractivity contribution in [2.45, 2.75) is 18.1 Å². The molecule has 8 heteroatoms. The van der Waals surface area contributed by atoms with E-state index in [0.29, 0.717) is 39.1 Å². The Morgan fingerprint density at radius 3 is 2.74 bits per heavy atom. The molecule has 0 aliphatic carbocycles. The zero-order valence-electron chi connectivity index (χ0n) is 14.4. The topological polar surface area (TPSA) is 61.2 Å². The van der Waals surface area contributed by atoms with Gasteiger partial charge in [-0.3, -0.25) is 14.2 Å². The van der Waals surface area contributed by atoms with Gasteiger partial charge < -0.3 is 4.74 Å². The lowest BCUT2D eigenvalue weighted by Crippen LogP contribution is -2.25. The molecule has 140 valence electrons. The fourth-order valence-electron chi connectivity index (χ4n) is 2.59. The zero-order chi connectivity index (χ0) is 19.4. The van der Waals surface area contributed by atoms with Crippen LogP contribution in [0.2, 0.25) is 10.0 Å². The van der Waals surface area contributed by atoms with Gasteiger partial charge in [0, 0.05) is 16.6 Å². The van der Waals surface area contributed by atoms with Crippen molar-refractivity contribution in [3.63, 3.8) is 0 Å². The van der Waals surface area contributed by atoms with Crippen molar-refractivity contribution in [2.24, 2.45) is 0 Å². The fraction of sp³-hybridized carbons (Fsp3) is 0.211. The van der Waals surface area contributed by atoms with Crippen LogP contribution in [0.15, 0.2) is 52.4 Å². The number of halogens is 2. The Labute approximate surface area is 170 Å². The van der Waals surface area contributed by atoms with Gasteiger partial charge >= 0.3 is 5.97 Å². The number of para-hydroxylation sites is 1. The first-order chi connectivity index (χ1) is 13.0. The molecule has 2 aromatic carbocycles. The molecule has 0 fully saturated rings. The average Bonchev–Trinajstić information content (AvgIpc) is 2.66. The van der Waals surface area contributed by atoms with E-state index in [-0.39, 0.29) is 17.3 Å². The Morgan fingerprint density at radius 1 is 1.22 bits per heavy atom. The second kappa shape index (κ2) is 8.78. The Bertz CT molecular complexity index is 1050. The van der Waals surface area contributed by atoms with Crippen LogP contribution in [-0.2, 0) is 22.5 Å². The second-order valence-corrected chi connectivity index (χ2v) is 7.50. The molecule has 0 unspecified atom stereocenters. The highest BCUT2D eigenvalue weighted by Gasteiger charge is 2.14. The minimum atomic E-state index is -0.380. The van der Waals surface area contributed by atoms with Gasteiger partial charge in [0.1, 0.15) is 0 Å². The van der Waals surface area contributed by atoms with Crippen LogP contribution in [0.1, 0.15) is 5.56 Å². The van der Waals surface area contributed by atoms with Crippen LogP contribution in [-0.4, -0.2) is 28.4 Å². The van der Waals surface area contributed by atoms with Crippen molar-refractivity contribution in [3.8, 4) is 0 Å². The van der Waals surface area contributed by atoms with Crippen LogP contribution in [0, 0.1) is 0 Å². The molecular formula is C19H16Cl2N2O3S. The van der Waals surface area contributed by atoms with Gasteiger partial charge in [-0.2, -0.15) is 0 Å². The number of carbonyl (C=O) groups is 1. The average molecular weight is 423 g/mol. The van der Waals surface area contributed by atoms with Crippen molar-refractivity contribution in [3.05, 3.63) is 68.4 Å². The molecule has 1 heterocycles. The SMILES string of the molecule is COC(=O)CSc1nc2ccccc2c(=O)n1CCc1ccc(Cl)cc1Cl. The molecule has 27 heavy (non-hydrogen) atoms. The summed E-state index contributed by atoms with van der Waals surface area (Å²) in [4.78, 5) is 29.0. The van der Waals surface area contributed by atoms with Crippen molar-refractivity contribution in [1.82, 2.24) is 9.55 Å². The van der Waals surface area contributed by atoms with Crippen LogP contribution in [0.3, 0.4) is 0 Å². The number of methoxy groups -OCH3 is 1. The first-order valence-corrected chi connectivity index (χ1v) is 9.87. The van der Waals surface area contributed by atoms with E-state index >= 15 is 0 Å². The maximum atomic E-state index is 13.0. The number of nitrogens with zero attached hydrogens (tertiary/aromatic N) is 2. The Balaban J connectivity index is 1.96. The lowest BCUT2D eigenvalue weighted by Gasteiger charge is -2.13. The Morgan fingerprint density at radius 2 is 2.00 bits per heavy atom. The molecule has 0 radical (unpaired) electrons. The summed E-state index contributed by atoms with van der Waals surface area (Å²) in [6, 6.07) is 12.4. The van der Waals surface area contributed by atoms with Gasteiger partial charge in [-0.05, 0) is 36.2 Å². The summed E-state index contributed by atoms with van der Waals surface area (Å²) in [5.41, 5.74) is 1.32. The molecule has 0 aliphatic rings. The quantitative estimate of drug-likeness (QED) is 0.338. The third-order valence-electron chi connectivity index (χ3n) is 3.99. The van der Waals surface area contributed by atoms with Crippen LogP contribution in [0.4, 0.5) is 0 Å². The number of aromatic nitrogens is 2. The van der Waals surface area contributed by atoms with Crippen molar-refractivity contribution >= 4 is 51.8 Å². The van der Waals surface area contributed by atoms with E-state index in [1.165, 1.54) is 18.9 Å². The number of ether oxygens (including phenoxy) is 1. The lowest BCUT2D eigenvalue weighted by molar-refractivity contribution is -0.137. The number of fused-ring (bicyclic) bond motifs is 1. The van der Waals surface area contributed by atoms with E-state index in [0.717, 1.165) is 5.56 Å². The van der Waals surface area contributed by atoms with E-state index in [1.807, 2.05) is 12.1 Å². The number of esters is 1. The normalized spacial score (nSPS) is 10.9. The fourth-order valence-corrected chi connectivity index (χ4v) is 3.95. The highest BCUT2D eigenvalue weighted by Crippen LogP contribution is 2.23. The van der Waals surface area contributed by atoms with Gasteiger partial charge in [-0.15, -0.1) is 0 Å². The van der Waals surface area contributed by atoms with Gasteiger partial charge in [0.25, 0.3) is 5.56 Å². The molecular weight excluding hydrogens is 407 g/mol. The molecule has 3 rings (SSSR count). The molecule has 0 aliphatic heterocycles. The first kappa shape index (κ1) is 19.7. The minimum Gasteiger partial charge on any atom is -0.468 e. The van der Waals surface area contributed by atoms with Crippen LogP contribution in [0.5, 0.6) is 0 Å². The molecule has 3 aromatic rings. The monoisotopic (exact) mass is 422 g/mol. The van der Waals surface area contributed by atoms with Crippen LogP contribution in [0.25, 0.3) is 10.9 Å². The summed E-state index contributed by atoms with van der Waals surface area (Å²) in [7, 11) is 1.33. The predicted octanol–water partition coefficient (Wildman–Crippen LogP) is 4.21. The molecule has 0 amide bonds. The van der Waals surface area contributed by atoms with Gasteiger partial charge in [0.2, 0.25) is 0 Å². The van der Waals surface area contributed by atoms with Crippen LogP contribution < -0.4 is 5.56 Å². The summed E-state index contributed by atoms with van der Waals surface area (Å²) in [6.45, 7) is 0.377. The minimum absolute atomic E-state index is 0.0724. The number of carbonyl (C=O) groups excluding carboxylic acids is 1. The summed E-state index contributed by atoms with van der Waals surface area (Å²) in [5, 5.41) is 2.10. The molecule has 0 bridgehead atoms. The Hall–Kier alpha value is -2.02. The standard InChI is InChI=1S/C19H16Cl2N2O3S/c1-26-17(24)11-27-19-22-16-5-3-2-4-14(16)18(25)23(19)9-8-12-6-7-13(20)10-15(12)21/h2-7,10H,8-9,11H2,1H3. The molecule has 0 N–H and O–H groups in total. The highest BCUT2D eigenvalue weighted by atomic mass is 35.5. The summed E-state index contributed by atoms with van der Waals surface area (Å²) >= 11 is 13.3. The van der Waals surface area contributed by atoms with E-state index in [4.69, 9.17) is 23.2 Å².